The molecule has 0 heterocycles. The van der Waals surface area contributed by atoms with Gasteiger partial charge in [0.15, 0.2) is 0 Å². The molecule has 1 saturated carbocycles. The van der Waals surface area contributed by atoms with E-state index in [4.69, 9.17) is 26.9 Å². The van der Waals surface area contributed by atoms with Gasteiger partial charge in [-0.15, -0.1) is 0 Å². The van der Waals surface area contributed by atoms with E-state index in [0.29, 0.717) is 5.02 Å². The van der Waals surface area contributed by atoms with Crippen molar-refractivity contribution in [1.82, 2.24) is 5.43 Å². The molecule has 0 spiro atoms. The Morgan fingerprint density at radius 2 is 2.05 bits per heavy atom. The third-order valence-electron chi connectivity index (χ3n) is 4.36. The van der Waals surface area contributed by atoms with E-state index in [1.807, 2.05) is 18.2 Å². The molecule has 3 N–H and O–H groups in total. The molecule has 0 aliphatic heterocycles. The lowest BCUT2D eigenvalue weighted by molar-refractivity contribution is -0.0356. The molecule has 20 heavy (non-hydrogen) atoms. The standard InChI is InChI=1S/C15H23ClN2O2/c1-19-13-6-5-12(16)9-11(13)10-14(18-17)15(20-2)7-3-4-8-15/h5-6,9,14,18H,3-4,7-8,10,17H2,1-2H3. The summed E-state index contributed by atoms with van der Waals surface area (Å²) < 4.78 is 11.2. The van der Waals surface area contributed by atoms with Crippen molar-refractivity contribution < 1.29 is 9.47 Å². The van der Waals surface area contributed by atoms with Crippen molar-refractivity contribution in [2.24, 2.45) is 5.84 Å². The van der Waals surface area contributed by atoms with E-state index in [1.165, 1.54) is 12.8 Å². The van der Waals surface area contributed by atoms with Crippen LogP contribution in [0.1, 0.15) is 31.2 Å². The zero-order chi connectivity index (χ0) is 14.6. The Morgan fingerprint density at radius 1 is 1.35 bits per heavy atom. The molecule has 5 heteroatoms. The molecule has 0 saturated heterocycles. The van der Waals surface area contributed by atoms with Crippen molar-refractivity contribution in [3.05, 3.63) is 28.8 Å². The first kappa shape index (κ1) is 15.6. The Morgan fingerprint density at radius 3 is 2.60 bits per heavy atom. The molecule has 2 rings (SSSR count). The number of benzene rings is 1. The molecule has 112 valence electrons. The molecule has 1 atom stereocenters. The summed E-state index contributed by atoms with van der Waals surface area (Å²) >= 11 is 6.09. The Balaban J connectivity index is 2.23. The lowest BCUT2D eigenvalue weighted by atomic mass is 9.87. The quantitative estimate of drug-likeness (QED) is 0.626. The molecule has 1 aliphatic carbocycles. The first-order valence-electron chi connectivity index (χ1n) is 6.99. The van der Waals surface area contributed by atoms with Crippen LogP contribution in [-0.2, 0) is 11.2 Å². The highest BCUT2D eigenvalue weighted by Crippen LogP contribution is 2.37. The van der Waals surface area contributed by atoms with E-state index < -0.39 is 0 Å². The van der Waals surface area contributed by atoms with Gasteiger partial charge in [0.1, 0.15) is 5.75 Å². The van der Waals surface area contributed by atoms with Gasteiger partial charge in [-0.2, -0.15) is 0 Å². The van der Waals surface area contributed by atoms with Gasteiger partial charge in [0, 0.05) is 12.1 Å². The highest BCUT2D eigenvalue weighted by molar-refractivity contribution is 6.30. The van der Waals surface area contributed by atoms with Crippen LogP contribution in [0.4, 0.5) is 0 Å². The van der Waals surface area contributed by atoms with Gasteiger partial charge in [-0.25, -0.2) is 0 Å². The number of methoxy groups -OCH3 is 2. The van der Waals surface area contributed by atoms with Gasteiger partial charge in [-0.3, -0.25) is 11.3 Å². The molecule has 1 aromatic rings. The van der Waals surface area contributed by atoms with Gasteiger partial charge in [0.2, 0.25) is 0 Å². The van der Waals surface area contributed by atoms with E-state index >= 15 is 0 Å². The first-order valence-corrected chi connectivity index (χ1v) is 7.36. The van der Waals surface area contributed by atoms with Gasteiger partial charge in [-0.05, 0) is 43.0 Å². The third-order valence-corrected chi connectivity index (χ3v) is 4.59. The molecular formula is C15H23ClN2O2. The summed E-state index contributed by atoms with van der Waals surface area (Å²) in [7, 11) is 3.43. The minimum absolute atomic E-state index is 0.0439. The van der Waals surface area contributed by atoms with Crippen LogP contribution in [0.15, 0.2) is 18.2 Å². The van der Waals surface area contributed by atoms with Crippen LogP contribution in [0.5, 0.6) is 5.75 Å². The van der Waals surface area contributed by atoms with E-state index in [-0.39, 0.29) is 11.6 Å². The zero-order valence-electron chi connectivity index (χ0n) is 12.1. The van der Waals surface area contributed by atoms with Gasteiger partial charge < -0.3 is 9.47 Å². The van der Waals surface area contributed by atoms with Crippen molar-refractivity contribution >= 4 is 11.6 Å². The maximum Gasteiger partial charge on any atom is 0.122 e. The van der Waals surface area contributed by atoms with Gasteiger partial charge in [-0.1, -0.05) is 24.4 Å². The summed E-state index contributed by atoms with van der Waals surface area (Å²) in [4.78, 5) is 0. The molecule has 0 radical (unpaired) electrons. The summed E-state index contributed by atoms with van der Waals surface area (Å²) in [5, 5.41) is 0.703. The van der Waals surface area contributed by atoms with Crippen LogP contribution in [0.3, 0.4) is 0 Å². The highest BCUT2D eigenvalue weighted by atomic mass is 35.5. The molecule has 0 amide bonds. The summed E-state index contributed by atoms with van der Waals surface area (Å²) in [6, 6.07) is 5.70. The van der Waals surface area contributed by atoms with Gasteiger partial charge in [0.05, 0.1) is 18.8 Å². The fourth-order valence-corrected chi connectivity index (χ4v) is 3.39. The van der Waals surface area contributed by atoms with Crippen LogP contribution >= 0.6 is 11.6 Å². The average Bonchev–Trinajstić information content (AvgIpc) is 2.95. The molecule has 1 aliphatic rings. The smallest absolute Gasteiger partial charge is 0.122 e. The maximum atomic E-state index is 6.09. The first-order chi connectivity index (χ1) is 9.65. The van der Waals surface area contributed by atoms with Gasteiger partial charge in [0.25, 0.3) is 0 Å². The fraction of sp³-hybridized carbons (Fsp3) is 0.600. The number of hydrazine groups is 1. The normalized spacial score (nSPS) is 19.0. The number of nitrogens with one attached hydrogen (secondary N) is 1. The van der Waals surface area contributed by atoms with Crippen LogP contribution in [0, 0.1) is 0 Å². The van der Waals surface area contributed by atoms with E-state index in [0.717, 1.165) is 30.6 Å². The minimum atomic E-state index is -0.192. The topological polar surface area (TPSA) is 56.5 Å². The van der Waals surface area contributed by atoms with E-state index in [2.05, 4.69) is 5.43 Å². The average molecular weight is 299 g/mol. The summed E-state index contributed by atoms with van der Waals surface area (Å²) in [5.74, 6) is 6.62. The van der Waals surface area contributed by atoms with Crippen LogP contribution in [0.25, 0.3) is 0 Å². The van der Waals surface area contributed by atoms with Crippen molar-refractivity contribution in [1.29, 1.82) is 0 Å². The number of halogens is 1. The molecular weight excluding hydrogens is 276 g/mol. The second-order valence-electron chi connectivity index (χ2n) is 5.36. The number of hydrogen-bond donors (Lipinski definition) is 2. The maximum absolute atomic E-state index is 6.09. The fourth-order valence-electron chi connectivity index (χ4n) is 3.19. The second kappa shape index (κ2) is 6.76. The lowest BCUT2D eigenvalue weighted by Crippen LogP contribution is -2.54. The number of nitrogens with two attached hydrogens (primary N) is 1. The van der Waals surface area contributed by atoms with Crippen molar-refractivity contribution in [3.8, 4) is 5.75 Å². The number of ether oxygens (including phenoxy) is 2. The Hall–Kier alpha value is -0.810. The number of hydrogen-bond acceptors (Lipinski definition) is 4. The Kier molecular flexibility index (Phi) is 5.27. The van der Waals surface area contributed by atoms with E-state index in [1.54, 1.807) is 14.2 Å². The van der Waals surface area contributed by atoms with Crippen LogP contribution in [-0.4, -0.2) is 25.9 Å². The molecule has 1 aromatic carbocycles. The van der Waals surface area contributed by atoms with Crippen LogP contribution < -0.4 is 16.0 Å². The number of rotatable bonds is 6. The van der Waals surface area contributed by atoms with Crippen LogP contribution in [0.2, 0.25) is 5.02 Å². The SMILES string of the molecule is COc1ccc(Cl)cc1CC(NN)C1(OC)CCCC1. The molecule has 1 unspecified atom stereocenters. The van der Waals surface area contributed by atoms with Gasteiger partial charge >= 0.3 is 0 Å². The van der Waals surface area contributed by atoms with Crippen molar-refractivity contribution in [2.75, 3.05) is 14.2 Å². The summed E-state index contributed by atoms with van der Waals surface area (Å²) in [5.41, 5.74) is 3.79. The molecule has 0 bridgehead atoms. The largest absolute Gasteiger partial charge is 0.496 e. The third kappa shape index (κ3) is 3.09. The lowest BCUT2D eigenvalue weighted by Gasteiger charge is -2.36. The van der Waals surface area contributed by atoms with Crippen molar-refractivity contribution in [3.63, 3.8) is 0 Å². The predicted molar refractivity (Wildman–Crippen MR) is 81.0 cm³/mol. The molecule has 1 fully saturated rings. The molecule has 4 nitrogen and oxygen atoms in total. The minimum Gasteiger partial charge on any atom is -0.496 e. The Bertz CT molecular complexity index is 447. The second-order valence-corrected chi connectivity index (χ2v) is 5.79. The highest BCUT2D eigenvalue weighted by Gasteiger charge is 2.41. The van der Waals surface area contributed by atoms with Crippen molar-refractivity contribution in [2.45, 2.75) is 43.7 Å². The Labute approximate surface area is 125 Å². The molecule has 0 aromatic heterocycles. The monoisotopic (exact) mass is 298 g/mol. The van der Waals surface area contributed by atoms with E-state index in [9.17, 15) is 0 Å². The predicted octanol–water partition coefficient (Wildman–Crippen LogP) is 2.68. The summed E-state index contributed by atoms with van der Waals surface area (Å²) in [6.07, 6.45) is 5.15. The zero-order valence-corrected chi connectivity index (χ0v) is 12.9. The summed E-state index contributed by atoms with van der Waals surface area (Å²) in [6.45, 7) is 0.